The smallest absolute Gasteiger partial charge is 0.0672 e. The summed E-state index contributed by atoms with van der Waals surface area (Å²) in [5, 5.41) is 4.46. The molecule has 98 valence electrons. The lowest BCUT2D eigenvalue weighted by Crippen LogP contribution is -2.21. The summed E-state index contributed by atoms with van der Waals surface area (Å²) in [6.45, 7) is 0. The molecule has 2 aromatic carbocycles. The monoisotopic (exact) mass is 297 g/mol. The summed E-state index contributed by atoms with van der Waals surface area (Å²) in [5.41, 5.74) is 0. The lowest BCUT2D eigenvalue weighted by atomic mass is 10.4. The SMILES string of the molecule is Clc1cnccc1P(c1ccccc1)c1ccccc1. The molecule has 0 spiro atoms. The third-order valence-corrected chi connectivity index (χ3v) is 5.95. The molecule has 0 N–H and O–H groups in total. The molecule has 3 rings (SSSR count). The Balaban J connectivity index is 2.17. The van der Waals surface area contributed by atoms with Crippen LogP contribution < -0.4 is 15.9 Å². The average Bonchev–Trinajstić information content (AvgIpc) is 2.52. The molecule has 0 bridgehead atoms. The van der Waals surface area contributed by atoms with E-state index >= 15 is 0 Å². The Bertz CT molecular complexity index is 646. The van der Waals surface area contributed by atoms with Crippen molar-refractivity contribution in [1.29, 1.82) is 0 Å². The van der Waals surface area contributed by atoms with Gasteiger partial charge in [0.1, 0.15) is 0 Å². The van der Waals surface area contributed by atoms with Crippen LogP contribution in [0.3, 0.4) is 0 Å². The molecule has 0 unspecified atom stereocenters. The number of rotatable bonds is 3. The number of nitrogens with zero attached hydrogens (tertiary/aromatic N) is 1. The number of aromatic nitrogens is 1. The summed E-state index contributed by atoms with van der Waals surface area (Å²) in [6, 6.07) is 23.0. The molecule has 20 heavy (non-hydrogen) atoms. The summed E-state index contributed by atoms with van der Waals surface area (Å²) in [4.78, 5) is 4.09. The van der Waals surface area contributed by atoms with Crippen molar-refractivity contribution in [1.82, 2.24) is 4.98 Å². The molecule has 3 aromatic rings. The summed E-state index contributed by atoms with van der Waals surface area (Å²) in [6.07, 6.45) is 3.53. The highest BCUT2D eigenvalue weighted by atomic mass is 35.5. The molecule has 0 amide bonds. The van der Waals surface area contributed by atoms with Crippen LogP contribution >= 0.6 is 19.5 Å². The molecule has 0 fully saturated rings. The lowest BCUT2D eigenvalue weighted by molar-refractivity contribution is 1.34. The third-order valence-electron chi connectivity index (χ3n) is 3.02. The summed E-state index contributed by atoms with van der Waals surface area (Å²) in [5.74, 6) is 0. The predicted octanol–water partition coefficient (Wildman–Crippen LogP) is 3.49. The first-order valence-corrected chi connectivity index (χ1v) is 8.08. The van der Waals surface area contributed by atoms with Gasteiger partial charge >= 0.3 is 0 Å². The number of halogens is 1. The van der Waals surface area contributed by atoms with Crippen molar-refractivity contribution in [2.75, 3.05) is 0 Å². The Morgan fingerprint density at radius 3 is 1.80 bits per heavy atom. The normalized spacial score (nSPS) is 10.7. The summed E-state index contributed by atoms with van der Waals surface area (Å²) in [7, 11) is -0.639. The largest absolute Gasteiger partial charge is 0.263 e. The van der Waals surface area contributed by atoms with E-state index < -0.39 is 7.92 Å². The van der Waals surface area contributed by atoms with Crippen LogP contribution in [-0.2, 0) is 0 Å². The highest BCUT2D eigenvalue weighted by Crippen LogP contribution is 2.34. The van der Waals surface area contributed by atoms with Gasteiger partial charge in [-0.25, -0.2) is 0 Å². The Morgan fingerprint density at radius 2 is 1.30 bits per heavy atom. The van der Waals surface area contributed by atoms with E-state index in [9.17, 15) is 0 Å². The molecule has 3 heteroatoms. The zero-order valence-electron chi connectivity index (χ0n) is 10.8. The first kappa shape index (κ1) is 13.3. The minimum Gasteiger partial charge on any atom is -0.263 e. The molecule has 0 atom stereocenters. The molecule has 1 aromatic heterocycles. The van der Waals surface area contributed by atoms with Crippen LogP contribution in [0.15, 0.2) is 79.1 Å². The van der Waals surface area contributed by atoms with Crippen molar-refractivity contribution < 1.29 is 0 Å². The minimum atomic E-state index is -0.639. The van der Waals surface area contributed by atoms with Gasteiger partial charge in [0.25, 0.3) is 0 Å². The second-order valence-electron chi connectivity index (χ2n) is 4.33. The van der Waals surface area contributed by atoms with E-state index in [1.165, 1.54) is 10.6 Å². The van der Waals surface area contributed by atoms with Crippen molar-refractivity contribution in [3.8, 4) is 0 Å². The summed E-state index contributed by atoms with van der Waals surface area (Å²) < 4.78 is 0. The fraction of sp³-hybridized carbons (Fsp3) is 0. The van der Waals surface area contributed by atoms with Gasteiger partial charge in [0, 0.05) is 17.7 Å². The molecule has 0 radical (unpaired) electrons. The lowest BCUT2D eigenvalue weighted by Gasteiger charge is -2.19. The van der Waals surface area contributed by atoms with Gasteiger partial charge in [-0.1, -0.05) is 72.3 Å². The van der Waals surface area contributed by atoms with Gasteiger partial charge < -0.3 is 0 Å². The van der Waals surface area contributed by atoms with Gasteiger partial charge in [-0.2, -0.15) is 0 Å². The highest BCUT2D eigenvalue weighted by Gasteiger charge is 2.18. The topological polar surface area (TPSA) is 12.9 Å². The van der Waals surface area contributed by atoms with E-state index in [-0.39, 0.29) is 0 Å². The van der Waals surface area contributed by atoms with Gasteiger partial charge in [0.2, 0.25) is 0 Å². The van der Waals surface area contributed by atoms with Crippen LogP contribution in [0.1, 0.15) is 0 Å². The van der Waals surface area contributed by atoms with Gasteiger partial charge in [-0.3, -0.25) is 4.98 Å². The number of benzene rings is 2. The molecular weight excluding hydrogens is 285 g/mol. The first-order chi connectivity index (χ1) is 9.86. The molecule has 0 saturated heterocycles. The van der Waals surface area contributed by atoms with Crippen LogP contribution in [0.2, 0.25) is 5.02 Å². The van der Waals surface area contributed by atoms with E-state index in [0.29, 0.717) is 0 Å². The van der Waals surface area contributed by atoms with Crippen LogP contribution in [0.5, 0.6) is 0 Å². The number of hydrogen-bond donors (Lipinski definition) is 0. The summed E-state index contributed by atoms with van der Waals surface area (Å²) >= 11 is 6.37. The second-order valence-corrected chi connectivity index (χ2v) is 6.93. The van der Waals surface area contributed by atoms with E-state index in [4.69, 9.17) is 11.6 Å². The van der Waals surface area contributed by atoms with Crippen LogP contribution in [0.4, 0.5) is 0 Å². The van der Waals surface area contributed by atoms with Gasteiger partial charge in [-0.05, 0) is 24.6 Å². The highest BCUT2D eigenvalue weighted by molar-refractivity contribution is 7.80. The number of pyridine rings is 1. The first-order valence-electron chi connectivity index (χ1n) is 6.36. The van der Waals surface area contributed by atoms with Gasteiger partial charge in [-0.15, -0.1) is 0 Å². The molecule has 0 aliphatic heterocycles. The van der Waals surface area contributed by atoms with Crippen molar-refractivity contribution in [3.63, 3.8) is 0 Å². The molecule has 1 nitrogen and oxygen atoms in total. The van der Waals surface area contributed by atoms with Crippen molar-refractivity contribution in [2.45, 2.75) is 0 Å². The van der Waals surface area contributed by atoms with Crippen molar-refractivity contribution >= 4 is 35.4 Å². The zero-order valence-corrected chi connectivity index (χ0v) is 12.4. The zero-order chi connectivity index (χ0) is 13.8. The Kier molecular flexibility index (Phi) is 4.11. The fourth-order valence-corrected chi connectivity index (χ4v) is 4.79. The molecule has 0 aliphatic rings. The predicted molar refractivity (Wildman–Crippen MR) is 88.0 cm³/mol. The standard InChI is InChI=1S/C17H13ClNP/c18-16-13-19-12-11-17(16)20(14-7-3-1-4-8-14)15-9-5-2-6-10-15/h1-13H. The van der Waals surface area contributed by atoms with E-state index in [1.807, 2.05) is 24.4 Å². The van der Waals surface area contributed by atoms with Gasteiger partial charge in [0.15, 0.2) is 0 Å². The van der Waals surface area contributed by atoms with Gasteiger partial charge in [0.05, 0.1) is 5.02 Å². The molecule has 0 aliphatic carbocycles. The van der Waals surface area contributed by atoms with E-state index in [2.05, 4.69) is 53.5 Å². The maximum Gasteiger partial charge on any atom is 0.0672 e. The average molecular weight is 298 g/mol. The Labute approximate surface area is 125 Å². The molecule has 0 saturated carbocycles. The maximum atomic E-state index is 6.37. The van der Waals surface area contributed by atoms with E-state index in [0.717, 1.165) is 10.3 Å². The minimum absolute atomic E-state index is 0.639. The Hall–Kier alpha value is -1.69. The van der Waals surface area contributed by atoms with E-state index in [1.54, 1.807) is 6.20 Å². The quantitative estimate of drug-likeness (QED) is 0.674. The van der Waals surface area contributed by atoms with Crippen LogP contribution in [0.25, 0.3) is 0 Å². The molecule has 1 heterocycles. The fourth-order valence-electron chi connectivity index (χ4n) is 2.13. The second kappa shape index (κ2) is 6.17. The van der Waals surface area contributed by atoms with Crippen LogP contribution in [0, 0.1) is 0 Å². The van der Waals surface area contributed by atoms with Crippen molar-refractivity contribution in [3.05, 3.63) is 84.1 Å². The third kappa shape index (κ3) is 2.75. The Morgan fingerprint density at radius 1 is 0.750 bits per heavy atom. The van der Waals surface area contributed by atoms with Crippen LogP contribution in [-0.4, -0.2) is 4.98 Å². The van der Waals surface area contributed by atoms with Crippen molar-refractivity contribution in [2.24, 2.45) is 0 Å². The number of hydrogen-bond acceptors (Lipinski definition) is 1. The maximum absolute atomic E-state index is 6.37. The molecular formula is C17H13ClNP.